The Hall–Kier alpha value is -1.35. The lowest BCUT2D eigenvalue weighted by atomic mass is 10.2. The summed E-state index contributed by atoms with van der Waals surface area (Å²) in [4.78, 5) is 2.17. The minimum atomic E-state index is -0.200. The maximum Gasteiger partial charge on any atom is 0.123 e. The number of benzene rings is 1. The molecule has 0 aliphatic rings. The van der Waals surface area contributed by atoms with Crippen molar-refractivity contribution >= 4 is 5.69 Å². The van der Waals surface area contributed by atoms with E-state index in [1.54, 1.807) is 12.1 Å². The van der Waals surface area contributed by atoms with Crippen molar-refractivity contribution in [3.05, 3.63) is 42.2 Å². The molecule has 0 radical (unpaired) electrons. The topological polar surface area (TPSA) is 15.3 Å². The Labute approximate surface area is 96.8 Å². The van der Waals surface area contributed by atoms with Crippen molar-refractivity contribution in [2.45, 2.75) is 6.92 Å². The molecule has 0 unspecified atom stereocenters. The standard InChI is InChI=1S/C13H19FN2/c1-4-16(10-11(2)9-15-3)13-7-5-12(14)6-8-13/h5-8,15H,2,4,9-10H2,1,3H3. The predicted octanol–water partition coefficient (Wildman–Crippen LogP) is 2.43. The molecule has 88 valence electrons. The molecule has 0 fully saturated rings. The normalized spacial score (nSPS) is 10.2. The Morgan fingerprint density at radius 3 is 2.50 bits per heavy atom. The molecule has 0 saturated heterocycles. The lowest BCUT2D eigenvalue weighted by Crippen LogP contribution is -2.28. The molecule has 3 heteroatoms. The molecule has 0 atom stereocenters. The molecule has 1 N–H and O–H groups in total. The van der Waals surface area contributed by atoms with Crippen molar-refractivity contribution in [2.75, 3.05) is 31.6 Å². The van der Waals surface area contributed by atoms with Gasteiger partial charge >= 0.3 is 0 Å². The fourth-order valence-corrected chi connectivity index (χ4v) is 1.61. The minimum absolute atomic E-state index is 0.200. The number of likely N-dealkylation sites (N-methyl/N-ethyl adjacent to an activating group) is 2. The molecule has 0 bridgehead atoms. The van der Waals surface area contributed by atoms with Gasteiger partial charge in [0.1, 0.15) is 5.82 Å². The van der Waals surface area contributed by atoms with Crippen LogP contribution >= 0.6 is 0 Å². The fraction of sp³-hybridized carbons (Fsp3) is 0.385. The molecule has 0 aliphatic heterocycles. The number of nitrogens with one attached hydrogen (secondary N) is 1. The van der Waals surface area contributed by atoms with Crippen LogP contribution in [0.2, 0.25) is 0 Å². The first-order chi connectivity index (χ1) is 7.67. The summed E-state index contributed by atoms with van der Waals surface area (Å²) >= 11 is 0. The highest BCUT2D eigenvalue weighted by Gasteiger charge is 2.05. The van der Waals surface area contributed by atoms with Gasteiger partial charge in [-0.05, 0) is 43.8 Å². The zero-order valence-electron chi connectivity index (χ0n) is 9.96. The monoisotopic (exact) mass is 222 g/mol. The van der Waals surface area contributed by atoms with Gasteiger partial charge < -0.3 is 10.2 Å². The summed E-state index contributed by atoms with van der Waals surface area (Å²) in [6.45, 7) is 8.56. The minimum Gasteiger partial charge on any atom is -0.368 e. The van der Waals surface area contributed by atoms with Crippen molar-refractivity contribution in [1.29, 1.82) is 0 Å². The maximum absolute atomic E-state index is 12.8. The van der Waals surface area contributed by atoms with Gasteiger partial charge in [0, 0.05) is 25.3 Å². The number of hydrogen-bond acceptors (Lipinski definition) is 2. The van der Waals surface area contributed by atoms with Gasteiger partial charge in [-0.2, -0.15) is 0 Å². The largest absolute Gasteiger partial charge is 0.368 e. The molecule has 0 amide bonds. The molecule has 16 heavy (non-hydrogen) atoms. The predicted molar refractivity (Wildman–Crippen MR) is 67.4 cm³/mol. The number of hydrogen-bond donors (Lipinski definition) is 1. The van der Waals surface area contributed by atoms with Gasteiger partial charge in [-0.3, -0.25) is 0 Å². The summed E-state index contributed by atoms with van der Waals surface area (Å²) < 4.78 is 12.8. The van der Waals surface area contributed by atoms with Crippen LogP contribution < -0.4 is 10.2 Å². The Balaban J connectivity index is 2.67. The third-order valence-electron chi connectivity index (χ3n) is 2.41. The van der Waals surface area contributed by atoms with Crippen LogP contribution in [0, 0.1) is 5.82 Å². The summed E-state index contributed by atoms with van der Waals surface area (Å²) in [5, 5.41) is 3.07. The molecular formula is C13H19FN2. The molecular weight excluding hydrogens is 203 g/mol. The maximum atomic E-state index is 12.8. The highest BCUT2D eigenvalue weighted by atomic mass is 19.1. The molecule has 1 rings (SSSR count). The van der Waals surface area contributed by atoms with Gasteiger partial charge in [-0.15, -0.1) is 0 Å². The van der Waals surface area contributed by atoms with Gasteiger partial charge in [-0.1, -0.05) is 6.58 Å². The molecule has 0 saturated carbocycles. The average molecular weight is 222 g/mol. The lowest BCUT2D eigenvalue weighted by Gasteiger charge is -2.24. The van der Waals surface area contributed by atoms with E-state index < -0.39 is 0 Å². The van der Waals surface area contributed by atoms with Gasteiger partial charge in [0.25, 0.3) is 0 Å². The summed E-state index contributed by atoms with van der Waals surface area (Å²) in [5.41, 5.74) is 2.15. The molecule has 1 aromatic rings. The fourth-order valence-electron chi connectivity index (χ4n) is 1.61. The SMILES string of the molecule is C=C(CNC)CN(CC)c1ccc(F)cc1. The summed E-state index contributed by atoms with van der Waals surface area (Å²) in [5.74, 6) is -0.200. The van der Waals surface area contributed by atoms with Gasteiger partial charge in [0.15, 0.2) is 0 Å². The molecule has 0 heterocycles. The first-order valence-electron chi connectivity index (χ1n) is 5.49. The van der Waals surface area contributed by atoms with Crippen molar-refractivity contribution < 1.29 is 4.39 Å². The van der Waals surface area contributed by atoms with E-state index in [1.165, 1.54) is 12.1 Å². The van der Waals surface area contributed by atoms with Crippen LogP contribution in [0.1, 0.15) is 6.92 Å². The van der Waals surface area contributed by atoms with Crippen molar-refractivity contribution in [1.82, 2.24) is 5.32 Å². The number of halogens is 1. The molecule has 2 nitrogen and oxygen atoms in total. The highest BCUT2D eigenvalue weighted by molar-refractivity contribution is 5.47. The Morgan fingerprint density at radius 1 is 1.38 bits per heavy atom. The van der Waals surface area contributed by atoms with Crippen LogP contribution in [-0.2, 0) is 0 Å². The number of anilines is 1. The van der Waals surface area contributed by atoms with E-state index in [1.807, 2.05) is 7.05 Å². The second-order valence-corrected chi connectivity index (χ2v) is 3.77. The van der Waals surface area contributed by atoms with E-state index in [0.29, 0.717) is 0 Å². The molecule has 1 aromatic carbocycles. The second kappa shape index (κ2) is 6.28. The zero-order valence-corrected chi connectivity index (χ0v) is 9.96. The van der Waals surface area contributed by atoms with Crippen LogP contribution in [0.5, 0.6) is 0 Å². The lowest BCUT2D eigenvalue weighted by molar-refractivity contribution is 0.627. The Morgan fingerprint density at radius 2 is 2.00 bits per heavy atom. The second-order valence-electron chi connectivity index (χ2n) is 3.77. The summed E-state index contributed by atoms with van der Waals surface area (Å²) in [6, 6.07) is 6.56. The van der Waals surface area contributed by atoms with E-state index in [9.17, 15) is 4.39 Å². The smallest absolute Gasteiger partial charge is 0.123 e. The Kier molecular flexibility index (Phi) is 4.99. The van der Waals surface area contributed by atoms with Crippen LogP contribution in [-0.4, -0.2) is 26.7 Å². The van der Waals surface area contributed by atoms with Crippen molar-refractivity contribution in [2.24, 2.45) is 0 Å². The number of rotatable bonds is 6. The first-order valence-corrected chi connectivity index (χ1v) is 5.49. The van der Waals surface area contributed by atoms with Crippen LogP contribution in [0.25, 0.3) is 0 Å². The van der Waals surface area contributed by atoms with E-state index >= 15 is 0 Å². The molecule has 0 aliphatic carbocycles. The van der Waals surface area contributed by atoms with Gasteiger partial charge in [0.2, 0.25) is 0 Å². The van der Waals surface area contributed by atoms with E-state index in [0.717, 1.165) is 30.9 Å². The van der Waals surface area contributed by atoms with Crippen LogP contribution in [0.3, 0.4) is 0 Å². The highest BCUT2D eigenvalue weighted by Crippen LogP contribution is 2.15. The average Bonchev–Trinajstić information content (AvgIpc) is 2.27. The summed E-state index contributed by atoms with van der Waals surface area (Å²) in [6.07, 6.45) is 0. The summed E-state index contributed by atoms with van der Waals surface area (Å²) in [7, 11) is 1.90. The van der Waals surface area contributed by atoms with Crippen LogP contribution in [0.15, 0.2) is 36.4 Å². The van der Waals surface area contributed by atoms with Crippen LogP contribution in [0.4, 0.5) is 10.1 Å². The zero-order chi connectivity index (χ0) is 12.0. The third-order valence-corrected chi connectivity index (χ3v) is 2.41. The quantitative estimate of drug-likeness (QED) is 0.744. The first kappa shape index (κ1) is 12.7. The van der Waals surface area contributed by atoms with Crippen molar-refractivity contribution in [3.8, 4) is 0 Å². The van der Waals surface area contributed by atoms with Gasteiger partial charge in [-0.25, -0.2) is 4.39 Å². The number of nitrogens with zero attached hydrogens (tertiary/aromatic N) is 1. The van der Waals surface area contributed by atoms with E-state index in [2.05, 4.69) is 23.7 Å². The third kappa shape index (κ3) is 3.66. The van der Waals surface area contributed by atoms with Gasteiger partial charge in [0.05, 0.1) is 0 Å². The van der Waals surface area contributed by atoms with E-state index in [4.69, 9.17) is 0 Å². The molecule has 0 spiro atoms. The Bertz CT molecular complexity index is 332. The van der Waals surface area contributed by atoms with E-state index in [-0.39, 0.29) is 5.82 Å². The van der Waals surface area contributed by atoms with Crippen molar-refractivity contribution in [3.63, 3.8) is 0 Å². The molecule has 0 aromatic heterocycles.